The topological polar surface area (TPSA) is 421 Å². The molecule has 20 atom stereocenters. The highest BCUT2D eigenvalue weighted by atomic mass is 16.8. The van der Waals surface area contributed by atoms with Gasteiger partial charge < -0.3 is 102 Å². The molecule has 5 N–H and O–H groups in total. The monoisotopic (exact) mass is 1180 g/mol. The fraction of sp³-hybridized carbons (Fsp3) is 0.755. The van der Waals surface area contributed by atoms with Crippen LogP contribution in [0.2, 0.25) is 0 Å². The quantitative estimate of drug-likeness (QED) is 0.0481. The van der Waals surface area contributed by atoms with Crippen molar-refractivity contribution in [2.45, 2.75) is 206 Å². The normalized spacial score (nSPS) is 33.3. The summed E-state index contributed by atoms with van der Waals surface area (Å²) in [6.45, 7) is 9.50. The molecule has 4 rings (SSSR count). The number of nitrogens with one attached hydrogen (secondary N) is 4. The SMILES string of the molecule is CO[C@H]1OC(COC(C)=O)[C@H](OC2OC(COC(C)=O)C(O[C@H]3OC(COC(C)=O)[C@H](OC4OC(COC(C)=O)C(O)[C@H](OC(C)=O)C4NC(C)=O)C(OC(C)=O)C3NC(C)=O)[C@H](OC(C)=O)C2NC(C)=O)C(OC(C)=O)C1NC(C)=O. The molecule has 4 amide bonds. The summed E-state index contributed by atoms with van der Waals surface area (Å²) in [5.74, 6) is -10.5. The van der Waals surface area contributed by atoms with Gasteiger partial charge in [0.05, 0.1) is 0 Å². The van der Waals surface area contributed by atoms with Crippen LogP contribution in [-0.2, 0) is 133 Å². The fourth-order valence-electron chi connectivity index (χ4n) is 9.35. The van der Waals surface area contributed by atoms with E-state index in [1.54, 1.807) is 0 Å². The Morgan fingerprint density at radius 3 is 0.817 bits per heavy atom. The second kappa shape index (κ2) is 31.1. The number of carbonyl (C=O) groups is 12. The molecule has 4 saturated heterocycles. The highest BCUT2D eigenvalue weighted by molar-refractivity contribution is 5.75. The van der Waals surface area contributed by atoms with E-state index in [0.717, 1.165) is 83.1 Å². The van der Waals surface area contributed by atoms with Gasteiger partial charge in [0, 0.05) is 90.2 Å². The van der Waals surface area contributed by atoms with E-state index in [-0.39, 0.29) is 0 Å². The van der Waals surface area contributed by atoms with Crippen LogP contribution >= 0.6 is 0 Å². The first kappa shape index (κ1) is 67.8. The number of methoxy groups -OCH3 is 1. The molecule has 82 heavy (non-hydrogen) atoms. The van der Waals surface area contributed by atoms with Gasteiger partial charge in [-0.15, -0.1) is 0 Å². The molecular weight excluding hydrogens is 1110 g/mol. The van der Waals surface area contributed by atoms with E-state index in [1.807, 2.05) is 0 Å². The summed E-state index contributed by atoms with van der Waals surface area (Å²) in [7, 11) is 1.20. The van der Waals surface area contributed by atoms with E-state index < -0.39 is 220 Å². The van der Waals surface area contributed by atoms with Crippen LogP contribution < -0.4 is 21.3 Å². The third kappa shape index (κ3) is 19.7. The Morgan fingerprint density at radius 2 is 0.561 bits per heavy atom. The first-order valence-corrected chi connectivity index (χ1v) is 25.5. The highest BCUT2D eigenvalue weighted by Crippen LogP contribution is 2.38. The number of aliphatic hydroxyl groups excluding tert-OH is 1. The van der Waals surface area contributed by atoms with E-state index in [2.05, 4.69) is 21.3 Å². The van der Waals surface area contributed by atoms with Crippen LogP contribution in [0.3, 0.4) is 0 Å². The lowest BCUT2D eigenvalue weighted by atomic mass is 9.92. The zero-order valence-corrected chi connectivity index (χ0v) is 47.3. The minimum atomic E-state index is -2.01. The van der Waals surface area contributed by atoms with Gasteiger partial charge in [-0.2, -0.15) is 0 Å². The van der Waals surface area contributed by atoms with Crippen molar-refractivity contribution in [3.8, 4) is 0 Å². The number of hydrogen-bond acceptors (Lipinski definition) is 29. The third-order valence-electron chi connectivity index (χ3n) is 12.2. The molecule has 33 heteroatoms. The lowest BCUT2D eigenvalue weighted by molar-refractivity contribution is -0.363. The molecular formula is C49H72N4O29. The number of rotatable bonds is 23. The van der Waals surface area contributed by atoms with Crippen molar-refractivity contribution in [2.24, 2.45) is 0 Å². The molecule has 0 aromatic rings. The first-order valence-electron chi connectivity index (χ1n) is 25.5. The zero-order valence-electron chi connectivity index (χ0n) is 47.3. The van der Waals surface area contributed by atoms with E-state index in [0.29, 0.717) is 0 Å². The molecule has 0 aromatic carbocycles. The van der Waals surface area contributed by atoms with E-state index in [1.165, 1.54) is 7.11 Å². The number of ether oxygens (including phenoxy) is 16. The van der Waals surface area contributed by atoms with Crippen LogP contribution in [0.5, 0.6) is 0 Å². The van der Waals surface area contributed by atoms with Crippen molar-refractivity contribution in [1.29, 1.82) is 0 Å². The average molecular weight is 1180 g/mol. The Labute approximate surface area is 469 Å². The summed E-state index contributed by atoms with van der Waals surface area (Å²) >= 11 is 0. The van der Waals surface area contributed by atoms with Crippen molar-refractivity contribution in [3.05, 3.63) is 0 Å². The Morgan fingerprint density at radius 1 is 0.329 bits per heavy atom. The first-order chi connectivity index (χ1) is 38.4. The molecule has 33 nitrogen and oxygen atoms in total. The molecule has 0 bridgehead atoms. The van der Waals surface area contributed by atoms with E-state index >= 15 is 0 Å². The molecule has 0 spiro atoms. The van der Waals surface area contributed by atoms with Crippen LogP contribution in [0.25, 0.3) is 0 Å². The molecule has 0 radical (unpaired) electrons. The molecule has 4 aliphatic rings. The minimum absolute atomic E-state index is 0.617. The largest absolute Gasteiger partial charge is 0.463 e. The molecule has 4 fully saturated rings. The van der Waals surface area contributed by atoms with Crippen molar-refractivity contribution < 1.29 is 138 Å². The summed E-state index contributed by atoms with van der Waals surface area (Å²) in [6.07, 6.45) is -27.9. The van der Waals surface area contributed by atoms with Crippen LogP contribution in [-0.4, -0.2) is 233 Å². The Bertz CT molecular complexity index is 2320. The lowest BCUT2D eigenvalue weighted by Crippen LogP contribution is -2.72. The summed E-state index contributed by atoms with van der Waals surface area (Å²) in [5.41, 5.74) is 0. The van der Waals surface area contributed by atoms with E-state index in [4.69, 9.17) is 75.8 Å². The molecule has 0 aliphatic carbocycles. The van der Waals surface area contributed by atoms with Crippen LogP contribution in [0.15, 0.2) is 0 Å². The van der Waals surface area contributed by atoms with Crippen molar-refractivity contribution in [3.63, 3.8) is 0 Å². The van der Waals surface area contributed by atoms with Crippen LogP contribution in [0, 0.1) is 0 Å². The van der Waals surface area contributed by atoms with Crippen LogP contribution in [0.4, 0.5) is 0 Å². The predicted molar refractivity (Wildman–Crippen MR) is 261 cm³/mol. The summed E-state index contributed by atoms with van der Waals surface area (Å²) < 4.78 is 94.3. The second-order valence-electron chi connectivity index (χ2n) is 19.1. The lowest BCUT2D eigenvalue weighted by Gasteiger charge is -2.52. The maximum atomic E-state index is 13.3. The maximum absolute atomic E-state index is 13.3. The van der Waals surface area contributed by atoms with Gasteiger partial charge in [-0.3, -0.25) is 57.5 Å². The Kier molecular flexibility index (Phi) is 25.7. The number of aliphatic hydroxyl groups is 1. The zero-order chi connectivity index (χ0) is 61.4. The molecule has 0 aromatic heterocycles. The maximum Gasteiger partial charge on any atom is 0.303 e. The summed E-state index contributed by atoms with van der Waals surface area (Å²) in [4.78, 5) is 153. The highest BCUT2D eigenvalue weighted by Gasteiger charge is 2.60. The summed E-state index contributed by atoms with van der Waals surface area (Å²) in [5, 5.41) is 21.6. The molecule has 14 unspecified atom stereocenters. The number of amides is 4. The Balaban J connectivity index is 1.96. The smallest absolute Gasteiger partial charge is 0.303 e. The molecule has 4 heterocycles. The predicted octanol–water partition coefficient (Wildman–Crippen LogP) is -3.95. The van der Waals surface area contributed by atoms with Crippen LogP contribution in [0.1, 0.15) is 83.1 Å². The van der Waals surface area contributed by atoms with Crippen molar-refractivity contribution >= 4 is 71.4 Å². The summed E-state index contributed by atoms with van der Waals surface area (Å²) in [6, 6.07) is -6.53. The molecule has 0 saturated carbocycles. The average Bonchev–Trinajstić information content (AvgIpc) is 3.57. The van der Waals surface area contributed by atoms with Crippen molar-refractivity contribution in [1.82, 2.24) is 21.3 Å². The van der Waals surface area contributed by atoms with Gasteiger partial charge in [-0.25, -0.2) is 0 Å². The minimum Gasteiger partial charge on any atom is -0.463 e. The van der Waals surface area contributed by atoms with Gasteiger partial charge in [0.1, 0.15) is 99.4 Å². The fourth-order valence-corrected chi connectivity index (χ4v) is 9.35. The van der Waals surface area contributed by atoms with E-state index in [9.17, 15) is 62.6 Å². The van der Waals surface area contributed by atoms with Gasteiger partial charge in [-0.1, -0.05) is 0 Å². The number of esters is 8. The second-order valence-corrected chi connectivity index (χ2v) is 19.1. The number of carbonyl (C=O) groups excluding carboxylic acids is 12. The standard InChI is InChI=1S/C49H72N4O29/c1-18(54)50-34-42(72-26(9)62)38(66)30(14-68-22(5)58)76-47(34)80-40-32(16-70-24(7)60)78-49(36(52-20(3)56)44(40)74-28(11)64)82-41-33(17-71-25(8)61)79-48(37(53-21(4)57)45(41)75-29(12)65)81-39-31(15-69-23(6)59)77-46(67-13)35(51-19(2)55)43(39)73-27(10)63/h30-49,66H,14-17H2,1-13H3,(H,50,54)(H,51,55)(H,52,56)(H,53,57)/t30?,31?,32?,33?,34?,35?,36?,37?,38?,39-,40-,41?,42+,43?,44?,45+,46-,47?,48?,49+/m0/s1. The van der Waals surface area contributed by atoms with Gasteiger partial charge in [0.2, 0.25) is 23.6 Å². The number of hydrogen-bond donors (Lipinski definition) is 5. The van der Waals surface area contributed by atoms with Gasteiger partial charge >= 0.3 is 47.8 Å². The molecule has 462 valence electrons. The molecule has 4 aliphatic heterocycles. The van der Waals surface area contributed by atoms with Gasteiger partial charge in [0.25, 0.3) is 0 Å². The van der Waals surface area contributed by atoms with Gasteiger partial charge in [-0.05, 0) is 0 Å². The third-order valence-corrected chi connectivity index (χ3v) is 12.2. The van der Waals surface area contributed by atoms with Crippen molar-refractivity contribution in [2.75, 3.05) is 33.5 Å². The van der Waals surface area contributed by atoms with Gasteiger partial charge in [0.15, 0.2) is 49.6 Å². The Hall–Kier alpha value is -6.72.